The molecule has 7 heteroatoms. The predicted molar refractivity (Wildman–Crippen MR) is 121 cm³/mol. The second-order valence-electron chi connectivity index (χ2n) is 7.34. The largest absolute Gasteiger partial charge is 0.306 e. The number of pyridine rings is 1. The highest BCUT2D eigenvalue weighted by molar-refractivity contribution is 7.13. The fraction of sp³-hybridized carbons (Fsp3) is 0.174. The third kappa shape index (κ3) is 3.94. The second-order valence-corrected chi connectivity index (χ2v) is 8.72. The van der Waals surface area contributed by atoms with E-state index in [0.29, 0.717) is 17.4 Å². The Hall–Kier alpha value is -2.80. The van der Waals surface area contributed by atoms with Gasteiger partial charge in [-0.25, -0.2) is 4.98 Å². The monoisotopic (exact) mass is 434 g/mol. The van der Waals surface area contributed by atoms with Gasteiger partial charge in [-0.05, 0) is 35.2 Å². The molecule has 150 valence electrons. The van der Waals surface area contributed by atoms with Crippen molar-refractivity contribution in [3.05, 3.63) is 92.3 Å². The molecule has 0 fully saturated rings. The first-order chi connectivity index (χ1) is 14.7. The maximum absolute atomic E-state index is 12.7. The molecule has 4 aromatic rings. The minimum atomic E-state index is -0.0393. The smallest absolute Gasteiger partial charge is 0.255 e. The molecule has 1 aliphatic rings. The van der Waals surface area contributed by atoms with Gasteiger partial charge in [0.05, 0.1) is 21.8 Å². The summed E-state index contributed by atoms with van der Waals surface area (Å²) in [5, 5.41) is 2.69. The van der Waals surface area contributed by atoms with Crippen molar-refractivity contribution in [2.24, 2.45) is 0 Å². The average Bonchev–Trinajstić information content (AvgIpc) is 3.30. The van der Waals surface area contributed by atoms with Gasteiger partial charge in [-0.2, -0.15) is 0 Å². The molecule has 3 aromatic heterocycles. The quantitative estimate of drug-likeness (QED) is 0.502. The molecular formula is C23H19ClN4OS. The van der Waals surface area contributed by atoms with E-state index in [1.54, 1.807) is 11.3 Å². The highest BCUT2D eigenvalue weighted by Gasteiger charge is 2.22. The zero-order valence-electron chi connectivity index (χ0n) is 16.1. The molecule has 4 heterocycles. The van der Waals surface area contributed by atoms with Crippen molar-refractivity contribution in [2.75, 3.05) is 6.54 Å². The van der Waals surface area contributed by atoms with Crippen LogP contribution >= 0.6 is 22.9 Å². The molecule has 30 heavy (non-hydrogen) atoms. The molecule has 5 rings (SSSR count). The van der Waals surface area contributed by atoms with E-state index in [9.17, 15) is 4.79 Å². The first-order valence-corrected chi connectivity index (χ1v) is 11.0. The lowest BCUT2D eigenvalue weighted by Gasteiger charge is -2.27. The number of thiophene rings is 1. The summed E-state index contributed by atoms with van der Waals surface area (Å²) in [7, 11) is 0. The van der Waals surface area contributed by atoms with Crippen molar-refractivity contribution in [3.8, 4) is 22.0 Å². The number of H-pyrrole nitrogens is 1. The number of fused-ring (bicyclic) bond motifs is 1. The summed E-state index contributed by atoms with van der Waals surface area (Å²) < 4.78 is 0. The highest BCUT2D eigenvalue weighted by Crippen LogP contribution is 2.24. The lowest BCUT2D eigenvalue weighted by Crippen LogP contribution is -2.35. The summed E-state index contributed by atoms with van der Waals surface area (Å²) in [6, 6.07) is 15.7. The summed E-state index contributed by atoms with van der Waals surface area (Å²) in [4.78, 5) is 28.2. The minimum absolute atomic E-state index is 0.0393. The van der Waals surface area contributed by atoms with Gasteiger partial charge in [0.25, 0.3) is 5.56 Å². The lowest BCUT2D eigenvalue weighted by molar-refractivity contribution is 0.241. The van der Waals surface area contributed by atoms with E-state index in [1.165, 1.54) is 0 Å². The minimum Gasteiger partial charge on any atom is -0.306 e. The van der Waals surface area contributed by atoms with E-state index in [4.69, 9.17) is 16.6 Å². The number of halogens is 1. The van der Waals surface area contributed by atoms with Crippen LogP contribution in [0.1, 0.15) is 16.8 Å². The number of nitrogens with zero attached hydrogens (tertiary/aromatic N) is 3. The first kappa shape index (κ1) is 19.2. The fourth-order valence-corrected chi connectivity index (χ4v) is 4.60. The Labute approximate surface area is 183 Å². The Morgan fingerprint density at radius 1 is 1.17 bits per heavy atom. The van der Waals surface area contributed by atoms with Crippen molar-refractivity contribution < 1.29 is 0 Å². The predicted octanol–water partition coefficient (Wildman–Crippen LogP) is 4.77. The van der Waals surface area contributed by atoms with Crippen LogP contribution in [0.4, 0.5) is 0 Å². The van der Waals surface area contributed by atoms with Gasteiger partial charge in [0.1, 0.15) is 0 Å². The molecule has 1 N–H and O–H groups in total. The molecule has 0 atom stereocenters. The van der Waals surface area contributed by atoms with Crippen LogP contribution in [0.15, 0.2) is 64.9 Å². The zero-order chi connectivity index (χ0) is 20.5. The number of hydrogen-bond donors (Lipinski definition) is 1. The summed E-state index contributed by atoms with van der Waals surface area (Å²) in [5.74, 6) is 0.669. The summed E-state index contributed by atoms with van der Waals surface area (Å²) >= 11 is 7.66. The van der Waals surface area contributed by atoms with Crippen LogP contribution < -0.4 is 5.56 Å². The van der Waals surface area contributed by atoms with Gasteiger partial charge in [-0.1, -0.05) is 35.9 Å². The SMILES string of the molecule is O=c1[nH]c(-c2cccs2)nc2c1CN(Cc1ccc(-c3cccc(Cl)c3)nc1)CC2. The molecule has 0 radical (unpaired) electrons. The van der Waals surface area contributed by atoms with Crippen molar-refractivity contribution in [2.45, 2.75) is 19.5 Å². The molecule has 0 saturated carbocycles. The number of nitrogens with one attached hydrogen (secondary N) is 1. The molecular weight excluding hydrogens is 416 g/mol. The topological polar surface area (TPSA) is 61.9 Å². The van der Waals surface area contributed by atoms with Gasteiger partial charge in [-0.15, -0.1) is 11.3 Å². The molecule has 5 nitrogen and oxygen atoms in total. The Bertz CT molecular complexity index is 1240. The fourth-order valence-electron chi connectivity index (χ4n) is 3.74. The number of hydrogen-bond acceptors (Lipinski definition) is 5. The number of aromatic amines is 1. The van der Waals surface area contributed by atoms with E-state index >= 15 is 0 Å². The zero-order valence-corrected chi connectivity index (χ0v) is 17.7. The van der Waals surface area contributed by atoms with Crippen LogP contribution in [0.25, 0.3) is 22.0 Å². The molecule has 0 aliphatic carbocycles. The van der Waals surface area contributed by atoms with Crippen molar-refractivity contribution in [1.29, 1.82) is 0 Å². The highest BCUT2D eigenvalue weighted by atomic mass is 35.5. The third-order valence-corrected chi connectivity index (χ3v) is 6.37. The molecule has 0 saturated heterocycles. The van der Waals surface area contributed by atoms with Crippen molar-refractivity contribution in [1.82, 2.24) is 19.9 Å². The molecule has 0 spiro atoms. The van der Waals surface area contributed by atoms with E-state index < -0.39 is 0 Å². The van der Waals surface area contributed by atoms with Gasteiger partial charge in [0.15, 0.2) is 5.82 Å². The average molecular weight is 435 g/mol. The summed E-state index contributed by atoms with van der Waals surface area (Å²) in [6.45, 7) is 2.20. The standard InChI is InChI=1S/C23H19ClN4OS/c24-17-4-1-3-16(11-17)19-7-6-15(12-25-19)13-28-9-8-20-18(14-28)23(29)27-22(26-20)21-5-2-10-30-21/h1-7,10-12H,8-9,13-14H2,(H,26,27,29). The van der Waals surface area contributed by atoms with E-state index in [-0.39, 0.29) is 5.56 Å². The maximum atomic E-state index is 12.7. The van der Waals surface area contributed by atoms with Crippen LogP contribution in [0.3, 0.4) is 0 Å². The molecule has 1 aliphatic heterocycles. The van der Waals surface area contributed by atoms with Crippen LogP contribution in [-0.4, -0.2) is 26.4 Å². The number of benzene rings is 1. The molecule has 0 unspecified atom stereocenters. The van der Waals surface area contributed by atoms with E-state index in [0.717, 1.165) is 52.5 Å². The third-order valence-electron chi connectivity index (χ3n) is 5.25. The molecule has 1 aromatic carbocycles. The van der Waals surface area contributed by atoms with Gasteiger partial charge < -0.3 is 4.98 Å². The number of rotatable bonds is 4. The second kappa shape index (κ2) is 8.14. The van der Waals surface area contributed by atoms with Gasteiger partial charge in [-0.3, -0.25) is 14.7 Å². The first-order valence-electron chi connectivity index (χ1n) is 9.75. The van der Waals surface area contributed by atoms with Crippen molar-refractivity contribution in [3.63, 3.8) is 0 Å². The molecule has 0 bridgehead atoms. The Kier molecular flexibility index (Phi) is 5.21. The van der Waals surface area contributed by atoms with Crippen molar-refractivity contribution >= 4 is 22.9 Å². The van der Waals surface area contributed by atoms with Gasteiger partial charge in [0, 0.05) is 42.8 Å². The van der Waals surface area contributed by atoms with Gasteiger partial charge in [0.2, 0.25) is 0 Å². The van der Waals surface area contributed by atoms with E-state index in [1.807, 2.05) is 54.0 Å². The Morgan fingerprint density at radius 3 is 2.87 bits per heavy atom. The lowest BCUT2D eigenvalue weighted by atomic mass is 10.1. The van der Waals surface area contributed by atoms with E-state index in [2.05, 4.69) is 20.9 Å². The van der Waals surface area contributed by atoms with Crippen LogP contribution in [0.5, 0.6) is 0 Å². The molecule has 0 amide bonds. The van der Waals surface area contributed by atoms with Crippen LogP contribution in [0, 0.1) is 0 Å². The summed E-state index contributed by atoms with van der Waals surface area (Å²) in [6.07, 6.45) is 2.67. The summed E-state index contributed by atoms with van der Waals surface area (Å²) in [5.41, 5.74) is 4.65. The maximum Gasteiger partial charge on any atom is 0.255 e. The normalized spacial score (nSPS) is 13.9. The Balaban J connectivity index is 1.31. The van der Waals surface area contributed by atoms with Crippen LogP contribution in [0.2, 0.25) is 5.02 Å². The Morgan fingerprint density at radius 2 is 2.10 bits per heavy atom. The number of aromatic nitrogens is 3. The van der Waals surface area contributed by atoms with Gasteiger partial charge >= 0.3 is 0 Å². The van der Waals surface area contributed by atoms with Crippen LogP contribution in [-0.2, 0) is 19.5 Å².